The molecule has 0 aromatic rings. The Morgan fingerprint density at radius 1 is 1.20 bits per heavy atom. The van der Waals surface area contributed by atoms with Crippen molar-refractivity contribution in [1.29, 1.82) is 0 Å². The van der Waals surface area contributed by atoms with Crippen molar-refractivity contribution in [2.45, 2.75) is 34.6 Å². The van der Waals surface area contributed by atoms with E-state index in [1.165, 1.54) is 0 Å². The van der Waals surface area contributed by atoms with E-state index in [4.69, 9.17) is 11.6 Å². The molecule has 0 bridgehead atoms. The SMILES string of the molecule is C/C=C/C(C)=C(\C)Cl.CC. The fraction of sp³-hybridized carbons (Fsp3) is 0.556. The summed E-state index contributed by atoms with van der Waals surface area (Å²) in [6, 6.07) is 0. The van der Waals surface area contributed by atoms with E-state index in [0.717, 1.165) is 10.6 Å². The van der Waals surface area contributed by atoms with Crippen molar-refractivity contribution >= 4 is 11.6 Å². The van der Waals surface area contributed by atoms with Gasteiger partial charge in [-0.1, -0.05) is 37.6 Å². The number of rotatable bonds is 1. The van der Waals surface area contributed by atoms with Crippen LogP contribution >= 0.6 is 11.6 Å². The van der Waals surface area contributed by atoms with Crippen molar-refractivity contribution in [2.75, 3.05) is 0 Å². The number of allylic oxidation sites excluding steroid dienone is 4. The zero-order chi connectivity index (χ0) is 8.57. The summed E-state index contributed by atoms with van der Waals surface area (Å²) < 4.78 is 0. The van der Waals surface area contributed by atoms with E-state index < -0.39 is 0 Å². The van der Waals surface area contributed by atoms with E-state index >= 15 is 0 Å². The molecular formula is C9H17Cl. The first-order chi connectivity index (χ1) is 4.68. The second kappa shape index (κ2) is 8.77. The molecule has 0 rings (SSSR count). The zero-order valence-electron chi connectivity index (χ0n) is 7.53. The number of halogens is 1. The Balaban J connectivity index is 0. The predicted molar refractivity (Wildman–Crippen MR) is 50.4 cm³/mol. The molecule has 0 N–H and O–H groups in total. The molecule has 0 nitrogen and oxygen atoms in total. The molecule has 1 heteroatoms. The Morgan fingerprint density at radius 2 is 1.60 bits per heavy atom. The van der Waals surface area contributed by atoms with E-state index in [0.29, 0.717) is 0 Å². The summed E-state index contributed by atoms with van der Waals surface area (Å²) >= 11 is 5.64. The Morgan fingerprint density at radius 3 is 1.70 bits per heavy atom. The van der Waals surface area contributed by atoms with Gasteiger partial charge >= 0.3 is 0 Å². The molecule has 0 aliphatic rings. The number of hydrogen-bond acceptors (Lipinski definition) is 0. The second-order valence-electron chi connectivity index (χ2n) is 1.72. The van der Waals surface area contributed by atoms with Gasteiger partial charge in [-0.3, -0.25) is 0 Å². The first-order valence-corrected chi connectivity index (χ1v) is 4.02. The van der Waals surface area contributed by atoms with Crippen LogP contribution in [0.3, 0.4) is 0 Å². The van der Waals surface area contributed by atoms with Crippen LogP contribution < -0.4 is 0 Å². The van der Waals surface area contributed by atoms with Gasteiger partial charge in [-0.05, 0) is 26.3 Å². The predicted octanol–water partition coefficient (Wildman–Crippen LogP) is 4.12. The summed E-state index contributed by atoms with van der Waals surface area (Å²) in [4.78, 5) is 0. The van der Waals surface area contributed by atoms with Gasteiger partial charge in [0, 0.05) is 5.03 Å². The van der Waals surface area contributed by atoms with Crippen molar-refractivity contribution in [1.82, 2.24) is 0 Å². The quantitative estimate of drug-likeness (QED) is 0.507. The smallest absolute Gasteiger partial charge is 0.0179 e. The standard InChI is InChI=1S/C7H11Cl.C2H6/c1-4-5-6(2)7(3)8;1-2/h4-5H,1-3H3;1-2H3/b5-4+,7-6+;. The monoisotopic (exact) mass is 160 g/mol. The highest BCUT2D eigenvalue weighted by Gasteiger charge is 1.83. The molecule has 0 heterocycles. The minimum atomic E-state index is 0.864. The summed E-state index contributed by atoms with van der Waals surface area (Å²) in [6.07, 6.45) is 3.96. The molecule has 0 aliphatic carbocycles. The topological polar surface area (TPSA) is 0 Å². The largest absolute Gasteiger partial charge is 0.0892 e. The van der Waals surface area contributed by atoms with Crippen molar-refractivity contribution in [3.63, 3.8) is 0 Å². The maximum Gasteiger partial charge on any atom is 0.0179 e. The average molecular weight is 161 g/mol. The van der Waals surface area contributed by atoms with Crippen LogP contribution in [0.1, 0.15) is 34.6 Å². The molecule has 0 saturated carbocycles. The van der Waals surface area contributed by atoms with Crippen molar-refractivity contribution < 1.29 is 0 Å². The molecule has 0 aromatic carbocycles. The Labute approximate surface area is 69.6 Å². The lowest BCUT2D eigenvalue weighted by molar-refractivity contribution is 1.43. The first kappa shape index (κ1) is 12.4. The fourth-order valence-corrected chi connectivity index (χ4v) is 0.428. The third-order valence-corrected chi connectivity index (χ3v) is 1.26. The molecule has 0 fully saturated rings. The molecule has 0 aliphatic heterocycles. The van der Waals surface area contributed by atoms with Gasteiger partial charge in [0.1, 0.15) is 0 Å². The average Bonchev–Trinajstić information content (AvgIpc) is 1.93. The van der Waals surface area contributed by atoms with Crippen LogP contribution in [0.5, 0.6) is 0 Å². The van der Waals surface area contributed by atoms with Gasteiger partial charge in [0.15, 0.2) is 0 Å². The highest BCUT2D eigenvalue weighted by Crippen LogP contribution is 2.07. The highest BCUT2D eigenvalue weighted by molar-refractivity contribution is 6.29. The molecule has 0 atom stereocenters. The van der Waals surface area contributed by atoms with Crippen molar-refractivity contribution in [2.24, 2.45) is 0 Å². The summed E-state index contributed by atoms with van der Waals surface area (Å²) in [6.45, 7) is 9.85. The van der Waals surface area contributed by atoms with Gasteiger partial charge < -0.3 is 0 Å². The third kappa shape index (κ3) is 7.77. The zero-order valence-corrected chi connectivity index (χ0v) is 8.29. The normalized spacial score (nSPS) is 12.2. The Hall–Kier alpha value is -0.230. The lowest BCUT2D eigenvalue weighted by atomic mass is 10.3. The minimum Gasteiger partial charge on any atom is -0.0892 e. The van der Waals surface area contributed by atoms with Crippen molar-refractivity contribution in [3.05, 3.63) is 22.8 Å². The van der Waals surface area contributed by atoms with Crippen LogP contribution in [0.2, 0.25) is 0 Å². The van der Waals surface area contributed by atoms with E-state index in [1.54, 1.807) is 0 Å². The summed E-state index contributed by atoms with van der Waals surface area (Å²) in [5.41, 5.74) is 1.13. The van der Waals surface area contributed by atoms with E-state index in [-0.39, 0.29) is 0 Å². The molecule has 10 heavy (non-hydrogen) atoms. The van der Waals surface area contributed by atoms with Gasteiger partial charge in [0.05, 0.1) is 0 Å². The van der Waals surface area contributed by atoms with Gasteiger partial charge in [-0.2, -0.15) is 0 Å². The molecule has 0 radical (unpaired) electrons. The number of hydrogen-bond donors (Lipinski definition) is 0. The molecular weight excluding hydrogens is 144 g/mol. The van der Waals surface area contributed by atoms with Gasteiger partial charge in [-0.15, -0.1) is 0 Å². The lowest BCUT2D eigenvalue weighted by Crippen LogP contribution is -1.67. The van der Waals surface area contributed by atoms with Crippen molar-refractivity contribution in [3.8, 4) is 0 Å². The van der Waals surface area contributed by atoms with Gasteiger partial charge in [0.2, 0.25) is 0 Å². The lowest BCUT2D eigenvalue weighted by Gasteiger charge is -1.89. The summed E-state index contributed by atoms with van der Waals surface area (Å²) in [5, 5.41) is 0.864. The Bertz CT molecular complexity index is 117. The second-order valence-corrected chi connectivity index (χ2v) is 2.28. The van der Waals surface area contributed by atoms with E-state index in [9.17, 15) is 0 Å². The van der Waals surface area contributed by atoms with Gasteiger partial charge in [-0.25, -0.2) is 0 Å². The van der Waals surface area contributed by atoms with Crippen LogP contribution in [-0.2, 0) is 0 Å². The van der Waals surface area contributed by atoms with Crippen LogP contribution in [0, 0.1) is 0 Å². The molecule has 0 amide bonds. The van der Waals surface area contributed by atoms with Crippen LogP contribution in [-0.4, -0.2) is 0 Å². The Kier molecular flexibility index (Phi) is 10.9. The van der Waals surface area contributed by atoms with Crippen LogP contribution in [0.25, 0.3) is 0 Å². The summed E-state index contributed by atoms with van der Waals surface area (Å²) in [5.74, 6) is 0. The molecule has 0 saturated heterocycles. The van der Waals surface area contributed by atoms with Crippen LogP contribution in [0.4, 0.5) is 0 Å². The summed E-state index contributed by atoms with van der Waals surface area (Å²) in [7, 11) is 0. The maximum atomic E-state index is 5.64. The maximum absolute atomic E-state index is 5.64. The van der Waals surface area contributed by atoms with E-state index in [2.05, 4.69) is 0 Å². The fourth-order valence-electron chi connectivity index (χ4n) is 0.365. The molecule has 0 aromatic heterocycles. The van der Waals surface area contributed by atoms with E-state index in [1.807, 2.05) is 46.8 Å². The highest BCUT2D eigenvalue weighted by atomic mass is 35.5. The molecule has 60 valence electrons. The molecule has 0 spiro atoms. The van der Waals surface area contributed by atoms with Gasteiger partial charge in [0.25, 0.3) is 0 Å². The third-order valence-electron chi connectivity index (χ3n) is 0.960. The first-order valence-electron chi connectivity index (χ1n) is 3.64. The molecule has 0 unspecified atom stereocenters. The van der Waals surface area contributed by atoms with Crippen LogP contribution in [0.15, 0.2) is 22.8 Å². The minimum absolute atomic E-state index is 0.864.